The van der Waals surface area contributed by atoms with Crippen molar-refractivity contribution in [2.75, 3.05) is 40.9 Å². The van der Waals surface area contributed by atoms with Gasteiger partial charge in [-0.1, -0.05) is 219 Å². The normalized spacial score (nSPS) is 14.2. The van der Waals surface area contributed by atoms with Crippen LogP contribution in [-0.2, 0) is 18.4 Å². The molecule has 3 atom stereocenters. The molecular weight excluding hydrogens is 707 g/mol. The molecule has 0 aliphatic carbocycles. The number of aliphatic hydroxyl groups excluding tert-OH is 1. The zero-order chi connectivity index (χ0) is 40.7. The van der Waals surface area contributed by atoms with Gasteiger partial charge in [0, 0.05) is 6.42 Å². The van der Waals surface area contributed by atoms with E-state index in [4.69, 9.17) is 9.05 Å². The monoisotopic (exact) mass is 804 g/mol. The molecule has 9 heteroatoms. The first-order valence-corrected chi connectivity index (χ1v) is 25.4. The van der Waals surface area contributed by atoms with Crippen molar-refractivity contribution in [3.63, 3.8) is 0 Å². The summed E-state index contributed by atoms with van der Waals surface area (Å²) in [6.07, 6.45) is 42.7. The summed E-state index contributed by atoms with van der Waals surface area (Å²) in [5.41, 5.74) is 0. The molecule has 0 radical (unpaired) electrons. The highest BCUT2D eigenvalue weighted by Gasteiger charge is 2.28. The number of carbonyl (C=O) groups is 1. The fourth-order valence-electron chi connectivity index (χ4n) is 7.28. The van der Waals surface area contributed by atoms with Gasteiger partial charge in [0.1, 0.15) is 13.2 Å². The van der Waals surface area contributed by atoms with E-state index in [1.54, 1.807) is 0 Å². The van der Waals surface area contributed by atoms with Gasteiger partial charge >= 0.3 is 7.82 Å². The zero-order valence-electron chi connectivity index (χ0n) is 37.4. The largest absolute Gasteiger partial charge is 0.472 e. The lowest BCUT2D eigenvalue weighted by molar-refractivity contribution is -0.870. The van der Waals surface area contributed by atoms with Crippen LogP contribution in [0.2, 0.25) is 0 Å². The molecule has 0 aliphatic heterocycles. The fourth-order valence-corrected chi connectivity index (χ4v) is 8.02. The first-order chi connectivity index (χ1) is 26.5. The van der Waals surface area contributed by atoms with E-state index in [1.807, 2.05) is 21.1 Å². The number of quaternary nitrogens is 1. The zero-order valence-corrected chi connectivity index (χ0v) is 38.3. The minimum absolute atomic E-state index is 0.0787. The van der Waals surface area contributed by atoms with Crippen LogP contribution in [0, 0.1) is 0 Å². The van der Waals surface area contributed by atoms with E-state index >= 15 is 0 Å². The number of likely N-dealkylation sites (N-methyl/N-ethyl adjacent to an activating group) is 1. The topological polar surface area (TPSA) is 105 Å². The number of hydrogen-bond acceptors (Lipinski definition) is 5. The van der Waals surface area contributed by atoms with Crippen molar-refractivity contribution in [1.29, 1.82) is 0 Å². The number of rotatable bonds is 44. The van der Waals surface area contributed by atoms with Crippen molar-refractivity contribution in [2.24, 2.45) is 0 Å². The Morgan fingerprint density at radius 2 is 0.873 bits per heavy atom. The first kappa shape index (κ1) is 54.5. The number of aliphatic hydroxyl groups is 1. The average Bonchev–Trinajstić information content (AvgIpc) is 3.13. The summed E-state index contributed by atoms with van der Waals surface area (Å²) in [5.74, 6) is -0.140. The Bertz CT molecular complexity index is 870. The molecular formula is C46H96N2O6P+. The summed E-state index contributed by atoms with van der Waals surface area (Å²) < 4.78 is 23.7. The van der Waals surface area contributed by atoms with Crippen LogP contribution in [0.5, 0.6) is 0 Å². The second kappa shape index (κ2) is 39.0. The predicted molar refractivity (Wildman–Crippen MR) is 236 cm³/mol. The van der Waals surface area contributed by atoms with Crippen molar-refractivity contribution in [1.82, 2.24) is 5.32 Å². The molecule has 3 N–H and O–H groups in total. The summed E-state index contributed by atoms with van der Waals surface area (Å²) in [6, 6.07) is -0.753. The average molecular weight is 804 g/mol. The fraction of sp³-hybridized carbons (Fsp3) is 0.978. The standard InChI is InChI=1S/C46H95N2O6P/c1-6-8-10-12-14-16-18-20-22-23-24-25-26-27-29-31-33-35-37-39-45(49)44(43-54-55(51,52)53-42-41-48(3,4)5)47-46(50)40-38-36-34-32-30-28-21-19-17-15-13-11-9-7-2/h44-45,49H,6-43H2,1-5H3,(H-,47,50,51,52)/p+1. The van der Waals surface area contributed by atoms with Crippen molar-refractivity contribution < 1.29 is 32.9 Å². The lowest BCUT2D eigenvalue weighted by Crippen LogP contribution is -2.46. The molecule has 0 aromatic rings. The maximum absolute atomic E-state index is 12.9. The molecule has 3 unspecified atom stereocenters. The van der Waals surface area contributed by atoms with Gasteiger partial charge in [-0.15, -0.1) is 0 Å². The Morgan fingerprint density at radius 3 is 1.22 bits per heavy atom. The van der Waals surface area contributed by atoms with E-state index in [2.05, 4.69) is 19.2 Å². The highest BCUT2D eigenvalue weighted by molar-refractivity contribution is 7.47. The molecule has 0 aromatic carbocycles. The Balaban J connectivity index is 4.27. The maximum atomic E-state index is 12.9. The molecule has 0 heterocycles. The highest BCUT2D eigenvalue weighted by Crippen LogP contribution is 2.43. The van der Waals surface area contributed by atoms with Crippen LogP contribution in [0.4, 0.5) is 0 Å². The number of phosphoric acid groups is 1. The summed E-state index contributed by atoms with van der Waals surface area (Å²) in [5, 5.41) is 14.0. The third-order valence-corrected chi connectivity index (χ3v) is 12.1. The van der Waals surface area contributed by atoms with E-state index in [0.717, 1.165) is 38.5 Å². The van der Waals surface area contributed by atoms with Crippen LogP contribution < -0.4 is 5.32 Å². The van der Waals surface area contributed by atoms with Crippen LogP contribution >= 0.6 is 7.82 Å². The lowest BCUT2D eigenvalue weighted by Gasteiger charge is -2.26. The van der Waals surface area contributed by atoms with Crippen LogP contribution in [-0.4, -0.2) is 73.4 Å². The lowest BCUT2D eigenvalue weighted by atomic mass is 10.0. The molecule has 0 bridgehead atoms. The van der Waals surface area contributed by atoms with Gasteiger partial charge in [0.05, 0.1) is 39.9 Å². The van der Waals surface area contributed by atoms with Crippen LogP contribution in [0.25, 0.3) is 0 Å². The maximum Gasteiger partial charge on any atom is 0.472 e. The minimum Gasteiger partial charge on any atom is -0.391 e. The van der Waals surface area contributed by atoms with Crippen molar-refractivity contribution in [3.8, 4) is 0 Å². The summed E-state index contributed by atoms with van der Waals surface area (Å²) in [6.45, 7) is 4.92. The molecule has 8 nitrogen and oxygen atoms in total. The van der Waals surface area contributed by atoms with Gasteiger partial charge in [0.25, 0.3) is 0 Å². The van der Waals surface area contributed by atoms with Crippen molar-refractivity contribution in [3.05, 3.63) is 0 Å². The molecule has 0 rings (SSSR count). The number of nitrogens with one attached hydrogen (secondary N) is 1. The van der Waals surface area contributed by atoms with Gasteiger partial charge < -0.3 is 19.8 Å². The van der Waals surface area contributed by atoms with E-state index in [9.17, 15) is 19.4 Å². The first-order valence-electron chi connectivity index (χ1n) is 23.9. The third kappa shape index (κ3) is 41.5. The van der Waals surface area contributed by atoms with Gasteiger partial charge in [-0.25, -0.2) is 4.57 Å². The van der Waals surface area contributed by atoms with E-state index < -0.39 is 20.0 Å². The summed E-state index contributed by atoms with van der Waals surface area (Å²) in [4.78, 5) is 23.2. The van der Waals surface area contributed by atoms with E-state index in [-0.39, 0.29) is 19.1 Å². The molecule has 330 valence electrons. The molecule has 0 aromatic heterocycles. The second-order valence-corrected chi connectivity index (χ2v) is 19.3. The number of nitrogens with zero attached hydrogens (tertiary/aromatic N) is 1. The SMILES string of the molecule is CCCCCCCCCCCCCCCCCCCCCC(O)C(COP(=O)(O)OCC[N+](C)(C)C)NC(=O)CCCCCCCCCCCCCCCC. The smallest absolute Gasteiger partial charge is 0.391 e. The molecule has 0 fully saturated rings. The number of amides is 1. The van der Waals surface area contributed by atoms with Gasteiger partial charge in [-0.3, -0.25) is 13.8 Å². The van der Waals surface area contributed by atoms with Crippen molar-refractivity contribution in [2.45, 2.75) is 251 Å². The van der Waals surface area contributed by atoms with E-state index in [1.165, 1.54) is 173 Å². The van der Waals surface area contributed by atoms with Gasteiger partial charge in [0.15, 0.2) is 0 Å². The Hall–Kier alpha value is -0.500. The number of phosphoric ester groups is 1. The van der Waals surface area contributed by atoms with Gasteiger partial charge in [-0.2, -0.15) is 0 Å². The highest BCUT2D eigenvalue weighted by atomic mass is 31.2. The molecule has 0 aliphatic rings. The second-order valence-electron chi connectivity index (χ2n) is 17.9. The number of unbranched alkanes of at least 4 members (excludes halogenated alkanes) is 31. The van der Waals surface area contributed by atoms with Crippen LogP contribution in [0.1, 0.15) is 239 Å². The third-order valence-electron chi connectivity index (χ3n) is 11.1. The summed E-state index contributed by atoms with van der Waals surface area (Å²) in [7, 11) is 1.63. The molecule has 0 saturated heterocycles. The number of hydrogen-bond donors (Lipinski definition) is 3. The van der Waals surface area contributed by atoms with Crippen molar-refractivity contribution >= 4 is 13.7 Å². The number of carbonyl (C=O) groups excluding carboxylic acids is 1. The van der Waals surface area contributed by atoms with Gasteiger partial charge in [0.2, 0.25) is 5.91 Å². The quantitative estimate of drug-likeness (QED) is 0.0322. The van der Waals surface area contributed by atoms with Crippen LogP contribution in [0.15, 0.2) is 0 Å². The Labute approximate surface area is 342 Å². The Morgan fingerprint density at radius 1 is 0.545 bits per heavy atom. The van der Waals surface area contributed by atoms with Gasteiger partial charge in [-0.05, 0) is 12.8 Å². The molecule has 1 amide bonds. The van der Waals surface area contributed by atoms with Crippen LogP contribution in [0.3, 0.4) is 0 Å². The molecule has 0 saturated carbocycles. The predicted octanol–water partition coefficient (Wildman–Crippen LogP) is 13.4. The minimum atomic E-state index is -4.31. The Kier molecular flexibility index (Phi) is 38.6. The van der Waals surface area contributed by atoms with E-state index in [0.29, 0.717) is 23.9 Å². The molecule has 0 spiro atoms. The summed E-state index contributed by atoms with van der Waals surface area (Å²) >= 11 is 0. The molecule has 55 heavy (non-hydrogen) atoms.